The molecule has 0 radical (unpaired) electrons. The molecule has 0 bridgehead atoms. The largest absolute Gasteiger partial charge is 0.286 e. The number of carbonyl (C=O) groups is 1. The first-order valence-corrected chi connectivity index (χ1v) is 11.7. The van der Waals surface area contributed by atoms with E-state index in [2.05, 4.69) is 21.2 Å². The average Bonchev–Trinajstić information content (AvgIpc) is 2.77. The van der Waals surface area contributed by atoms with Gasteiger partial charge >= 0.3 is 0 Å². The van der Waals surface area contributed by atoms with Gasteiger partial charge in [-0.2, -0.15) is 4.36 Å². The lowest BCUT2D eigenvalue weighted by atomic mass is 10.0. The Bertz CT molecular complexity index is 1490. The number of amides is 1. The fourth-order valence-corrected chi connectivity index (χ4v) is 4.52. The molecule has 1 atom stereocenters. The Morgan fingerprint density at radius 3 is 2.58 bits per heavy atom. The average molecular weight is 445 g/mol. The van der Waals surface area contributed by atoms with Crippen molar-refractivity contribution in [2.45, 2.75) is 4.90 Å². The van der Waals surface area contributed by atoms with Gasteiger partial charge in [-0.1, -0.05) is 65.9 Å². The van der Waals surface area contributed by atoms with Crippen LogP contribution in [0, 0.1) is 11.8 Å². The maximum absolute atomic E-state index is 12.9. The van der Waals surface area contributed by atoms with Crippen LogP contribution in [0.3, 0.4) is 0 Å². The second-order valence-corrected chi connectivity index (χ2v) is 9.59. The number of nitrogens with zero attached hydrogens (tertiary/aromatic N) is 2. The third kappa shape index (κ3) is 4.83. The monoisotopic (exact) mass is 444 g/mol. The molecule has 0 saturated carbocycles. The summed E-state index contributed by atoms with van der Waals surface area (Å²) in [7, 11) is -2.95. The number of hydrogen-bond acceptors (Lipinski definition) is 3. The Balaban J connectivity index is 1.66. The van der Waals surface area contributed by atoms with Gasteiger partial charge in [-0.3, -0.25) is 9.78 Å². The van der Waals surface area contributed by atoms with E-state index in [0.717, 1.165) is 16.3 Å². The molecule has 4 rings (SSSR count). The van der Waals surface area contributed by atoms with Crippen LogP contribution in [0.2, 0.25) is 5.02 Å². The van der Waals surface area contributed by atoms with Gasteiger partial charge in [0.25, 0.3) is 5.91 Å². The summed E-state index contributed by atoms with van der Waals surface area (Å²) in [4.78, 5) is 17.1. The van der Waals surface area contributed by atoms with Crippen LogP contribution >= 0.6 is 11.6 Å². The number of carbonyl (C=O) groups excluding carboxylic acids is 1. The topological polar surface area (TPSA) is 59.4 Å². The highest BCUT2D eigenvalue weighted by Crippen LogP contribution is 2.19. The van der Waals surface area contributed by atoms with Gasteiger partial charge in [-0.25, -0.2) is 4.21 Å². The number of hydrogen-bond donors (Lipinski definition) is 0. The second kappa shape index (κ2) is 8.73. The van der Waals surface area contributed by atoms with Crippen LogP contribution in [-0.4, -0.2) is 21.4 Å². The van der Waals surface area contributed by atoms with Crippen LogP contribution in [0.15, 0.2) is 94.4 Å². The van der Waals surface area contributed by atoms with Crippen LogP contribution in [0.1, 0.15) is 21.5 Å². The highest BCUT2D eigenvalue weighted by atomic mass is 35.5. The molecule has 1 amide bonds. The van der Waals surface area contributed by atoms with Gasteiger partial charge in [0.1, 0.15) is 0 Å². The second-order valence-electron chi connectivity index (χ2n) is 6.90. The van der Waals surface area contributed by atoms with E-state index in [9.17, 15) is 9.00 Å². The Labute approximate surface area is 186 Å². The Morgan fingerprint density at radius 1 is 0.968 bits per heavy atom. The van der Waals surface area contributed by atoms with Crippen molar-refractivity contribution < 1.29 is 9.00 Å². The molecular weight excluding hydrogens is 428 g/mol. The van der Waals surface area contributed by atoms with E-state index in [1.54, 1.807) is 36.5 Å². The molecule has 0 aliphatic heterocycles. The van der Waals surface area contributed by atoms with Crippen molar-refractivity contribution in [3.63, 3.8) is 0 Å². The fourth-order valence-electron chi connectivity index (χ4n) is 3.07. The third-order valence-electron chi connectivity index (χ3n) is 4.61. The number of rotatable bonds is 2. The molecule has 31 heavy (non-hydrogen) atoms. The molecule has 0 aliphatic carbocycles. The van der Waals surface area contributed by atoms with Crippen molar-refractivity contribution in [3.05, 3.63) is 107 Å². The minimum atomic E-state index is -2.95. The SMILES string of the molecule is CS(=O)(=NC(=O)c1cncc(C#Cc2cccc3ccccc23)c1)c1cccc(Cl)c1. The summed E-state index contributed by atoms with van der Waals surface area (Å²) in [6.45, 7) is 0. The van der Waals surface area contributed by atoms with E-state index < -0.39 is 15.6 Å². The predicted molar refractivity (Wildman–Crippen MR) is 125 cm³/mol. The number of halogens is 1. The molecule has 1 heterocycles. The van der Waals surface area contributed by atoms with Crippen LogP contribution in [0.25, 0.3) is 10.8 Å². The van der Waals surface area contributed by atoms with Crippen molar-refractivity contribution in [1.82, 2.24) is 4.98 Å². The van der Waals surface area contributed by atoms with Gasteiger partial charge in [0.2, 0.25) is 0 Å². The van der Waals surface area contributed by atoms with E-state index in [0.29, 0.717) is 15.5 Å². The van der Waals surface area contributed by atoms with Gasteiger partial charge < -0.3 is 0 Å². The lowest BCUT2D eigenvalue weighted by Crippen LogP contribution is -2.04. The summed E-state index contributed by atoms with van der Waals surface area (Å²) in [5.41, 5.74) is 1.68. The molecule has 0 aliphatic rings. The van der Waals surface area contributed by atoms with Crippen molar-refractivity contribution in [2.75, 3.05) is 6.26 Å². The van der Waals surface area contributed by atoms with Gasteiger partial charge in [-0.05, 0) is 41.1 Å². The summed E-state index contributed by atoms with van der Waals surface area (Å²) < 4.78 is 16.9. The molecule has 4 nitrogen and oxygen atoms in total. The van der Waals surface area contributed by atoms with Gasteiger partial charge in [0, 0.05) is 39.7 Å². The Morgan fingerprint density at radius 2 is 1.74 bits per heavy atom. The summed E-state index contributed by atoms with van der Waals surface area (Å²) in [6, 6.07) is 22.1. The first kappa shape index (κ1) is 20.8. The van der Waals surface area contributed by atoms with Crippen LogP contribution in [0.5, 0.6) is 0 Å². The molecule has 152 valence electrons. The molecule has 0 saturated heterocycles. The lowest BCUT2D eigenvalue weighted by molar-refractivity contribution is 0.100. The number of pyridine rings is 1. The van der Waals surface area contributed by atoms with Crippen molar-refractivity contribution >= 4 is 38.0 Å². The van der Waals surface area contributed by atoms with E-state index in [4.69, 9.17) is 11.6 Å². The minimum absolute atomic E-state index is 0.223. The van der Waals surface area contributed by atoms with E-state index in [1.807, 2.05) is 42.5 Å². The molecule has 1 aromatic heterocycles. The zero-order valence-corrected chi connectivity index (χ0v) is 18.2. The van der Waals surface area contributed by atoms with E-state index in [1.165, 1.54) is 12.5 Å². The molecule has 0 fully saturated rings. The van der Waals surface area contributed by atoms with Crippen LogP contribution in [-0.2, 0) is 9.73 Å². The molecule has 1 unspecified atom stereocenters. The molecule has 3 aromatic carbocycles. The first-order chi connectivity index (χ1) is 14.9. The molecule has 6 heteroatoms. The summed E-state index contributed by atoms with van der Waals surface area (Å²) in [5, 5.41) is 2.59. The summed E-state index contributed by atoms with van der Waals surface area (Å²) in [5.74, 6) is 5.59. The lowest BCUT2D eigenvalue weighted by Gasteiger charge is -2.04. The van der Waals surface area contributed by atoms with Crippen LogP contribution in [0.4, 0.5) is 0 Å². The zero-order valence-electron chi connectivity index (χ0n) is 16.6. The van der Waals surface area contributed by atoms with E-state index in [-0.39, 0.29) is 5.56 Å². The molecular formula is C25H17ClN2O2S. The summed E-state index contributed by atoms with van der Waals surface area (Å²) >= 11 is 5.97. The Kier molecular flexibility index (Phi) is 5.85. The first-order valence-electron chi connectivity index (χ1n) is 9.39. The zero-order chi connectivity index (χ0) is 21.8. The number of benzene rings is 3. The summed E-state index contributed by atoms with van der Waals surface area (Å²) in [6.07, 6.45) is 4.38. The van der Waals surface area contributed by atoms with Gasteiger partial charge in [0.05, 0.1) is 15.3 Å². The van der Waals surface area contributed by atoms with Gasteiger partial charge in [0.15, 0.2) is 0 Å². The quantitative estimate of drug-likeness (QED) is 0.379. The Hall–Kier alpha value is -3.46. The van der Waals surface area contributed by atoms with Crippen molar-refractivity contribution in [3.8, 4) is 11.8 Å². The highest BCUT2D eigenvalue weighted by Gasteiger charge is 2.12. The predicted octanol–water partition coefficient (Wildman–Crippen LogP) is 5.59. The number of aromatic nitrogens is 1. The third-order valence-corrected chi connectivity index (χ3v) is 6.48. The maximum atomic E-state index is 12.9. The highest BCUT2D eigenvalue weighted by molar-refractivity contribution is 7.93. The standard InChI is InChI=1S/C25H17ClN2O2S/c1-31(30,23-10-5-9-22(26)15-23)28-25(29)21-14-18(16-27-17-21)12-13-20-8-4-7-19-6-2-3-11-24(19)20/h2-11,14-17H,1H3. The fraction of sp³-hybridized carbons (Fsp3) is 0.0400. The minimum Gasteiger partial charge on any atom is -0.266 e. The van der Waals surface area contributed by atoms with Gasteiger partial charge in [-0.15, -0.1) is 0 Å². The van der Waals surface area contributed by atoms with Crippen molar-refractivity contribution in [2.24, 2.45) is 4.36 Å². The molecule has 0 N–H and O–H groups in total. The smallest absolute Gasteiger partial charge is 0.266 e. The molecule has 0 spiro atoms. The van der Waals surface area contributed by atoms with Crippen molar-refractivity contribution in [1.29, 1.82) is 0 Å². The number of fused-ring (bicyclic) bond motifs is 1. The van der Waals surface area contributed by atoms with Crippen LogP contribution < -0.4 is 0 Å². The van der Waals surface area contributed by atoms with E-state index >= 15 is 0 Å². The maximum Gasteiger partial charge on any atom is 0.286 e. The normalized spacial score (nSPS) is 12.5. The molecule has 4 aromatic rings.